The molecule has 3 fully saturated rings. The molecule has 1 aliphatic carbocycles. The van der Waals surface area contributed by atoms with Crippen molar-refractivity contribution in [1.82, 2.24) is 15.0 Å². The molecule has 3 aliphatic rings. The molecule has 2 aliphatic heterocycles. The number of halogens is 2. The average Bonchev–Trinajstić information content (AvgIpc) is 3.55. The predicted octanol–water partition coefficient (Wildman–Crippen LogP) is 5.04. The minimum Gasteiger partial charge on any atom is -0.478 e. The number of fused-ring (bicyclic) bond motifs is 2. The lowest BCUT2D eigenvalue weighted by atomic mass is 9.99. The summed E-state index contributed by atoms with van der Waals surface area (Å²) in [6.07, 6.45) is 10.1. The molecule has 0 radical (unpaired) electrons. The zero-order chi connectivity index (χ0) is 24.1. The molecule has 35 heavy (non-hydrogen) atoms. The van der Waals surface area contributed by atoms with Crippen LogP contribution in [0, 0.1) is 11.6 Å². The van der Waals surface area contributed by atoms with Gasteiger partial charge in [-0.25, -0.2) is 23.5 Å². The van der Waals surface area contributed by atoms with Gasteiger partial charge in [0.15, 0.2) is 0 Å². The minimum absolute atomic E-state index is 0.00825. The second-order valence-electron chi connectivity index (χ2n) is 9.74. The summed E-state index contributed by atoms with van der Waals surface area (Å²) in [6, 6.07) is 4.37. The number of hydrogen-bond donors (Lipinski definition) is 2. The number of anilines is 1. The Bertz CT molecular complexity index is 1220. The number of aromatic carboxylic acids is 1. The fraction of sp³-hybridized carbons (Fsp3) is 0.423. The molecule has 3 aromatic rings. The maximum Gasteiger partial charge on any atom is 0.338 e. The van der Waals surface area contributed by atoms with Crippen molar-refractivity contribution in [3.8, 4) is 11.1 Å². The van der Waals surface area contributed by atoms with Gasteiger partial charge in [0.25, 0.3) is 0 Å². The van der Waals surface area contributed by atoms with E-state index in [2.05, 4.69) is 19.9 Å². The van der Waals surface area contributed by atoms with Crippen molar-refractivity contribution in [3.63, 3.8) is 0 Å². The first-order valence-corrected chi connectivity index (χ1v) is 12.1. The molecule has 4 heterocycles. The first-order chi connectivity index (χ1) is 17.0. The van der Waals surface area contributed by atoms with Crippen molar-refractivity contribution in [3.05, 3.63) is 65.2 Å². The molecule has 2 bridgehead atoms. The van der Waals surface area contributed by atoms with Gasteiger partial charge in [-0.2, -0.15) is 0 Å². The Labute approximate surface area is 201 Å². The highest BCUT2D eigenvalue weighted by Crippen LogP contribution is 2.45. The van der Waals surface area contributed by atoms with Crippen molar-refractivity contribution < 1.29 is 23.4 Å². The van der Waals surface area contributed by atoms with Gasteiger partial charge >= 0.3 is 5.97 Å². The van der Waals surface area contributed by atoms with E-state index >= 15 is 0 Å². The fourth-order valence-electron chi connectivity index (χ4n) is 5.70. The van der Waals surface area contributed by atoms with Crippen LogP contribution in [0.2, 0.25) is 0 Å². The average molecular weight is 481 g/mol. The summed E-state index contributed by atoms with van der Waals surface area (Å²) in [6.45, 7) is 0.298. The third kappa shape index (κ3) is 4.07. The highest BCUT2D eigenvalue weighted by molar-refractivity contribution is 5.86. The van der Waals surface area contributed by atoms with E-state index in [4.69, 9.17) is 9.84 Å². The number of rotatable bonds is 7. The highest BCUT2D eigenvalue weighted by atomic mass is 19.1. The predicted molar refractivity (Wildman–Crippen MR) is 124 cm³/mol. The van der Waals surface area contributed by atoms with Gasteiger partial charge in [0.2, 0.25) is 5.95 Å². The molecule has 9 heteroatoms. The van der Waals surface area contributed by atoms with Crippen molar-refractivity contribution in [2.24, 2.45) is 0 Å². The number of carbonyl (C=O) groups is 1. The number of aromatic amines is 1. The lowest BCUT2D eigenvalue weighted by molar-refractivity contribution is 0.0148. The molecule has 2 N–H and O–H groups in total. The summed E-state index contributed by atoms with van der Waals surface area (Å²) in [5.41, 5.74) is 2.47. The SMILES string of the molecule is O=C(O)c1cnc(N2C3CCC2CC(OCc2c(-c4c(F)cccc4F)c[nH]c2C2CC2)C3)nc1. The van der Waals surface area contributed by atoms with Crippen LogP contribution in [-0.2, 0) is 11.3 Å². The van der Waals surface area contributed by atoms with Crippen LogP contribution in [0.4, 0.5) is 14.7 Å². The smallest absolute Gasteiger partial charge is 0.338 e. The summed E-state index contributed by atoms with van der Waals surface area (Å²) in [4.78, 5) is 25.2. The van der Waals surface area contributed by atoms with E-state index in [0.717, 1.165) is 49.8 Å². The van der Waals surface area contributed by atoms with Gasteiger partial charge in [-0.3, -0.25) is 0 Å². The summed E-state index contributed by atoms with van der Waals surface area (Å²) < 4.78 is 35.5. The standard InChI is InChI=1S/C26H26F2N4O3/c27-21-2-1-3-22(28)23(21)19-12-29-24(14-4-5-14)20(19)13-35-18-8-16-6-7-17(9-18)32(16)26-30-10-15(11-31-26)25(33)34/h1-3,10-12,14,16-18,29H,4-9,13H2,(H,33,34). The second-order valence-corrected chi connectivity index (χ2v) is 9.74. The van der Waals surface area contributed by atoms with E-state index in [1.165, 1.54) is 30.6 Å². The Balaban J connectivity index is 1.19. The van der Waals surface area contributed by atoms with Crippen LogP contribution in [0.15, 0.2) is 36.8 Å². The van der Waals surface area contributed by atoms with Gasteiger partial charge in [-0.15, -0.1) is 0 Å². The van der Waals surface area contributed by atoms with Gasteiger partial charge in [0, 0.05) is 47.5 Å². The molecule has 0 spiro atoms. The van der Waals surface area contributed by atoms with E-state index in [-0.39, 0.29) is 29.3 Å². The zero-order valence-corrected chi connectivity index (χ0v) is 19.1. The normalized spacial score (nSPS) is 23.6. The van der Waals surface area contributed by atoms with Gasteiger partial charge in [-0.05, 0) is 56.6 Å². The van der Waals surface area contributed by atoms with Crippen molar-refractivity contribution in [2.45, 2.75) is 69.2 Å². The van der Waals surface area contributed by atoms with Crippen LogP contribution in [0.3, 0.4) is 0 Å². The van der Waals surface area contributed by atoms with Crippen LogP contribution < -0.4 is 4.90 Å². The number of H-pyrrole nitrogens is 1. The number of carboxylic acid groups (broad SMARTS) is 1. The molecule has 7 nitrogen and oxygen atoms in total. The van der Waals surface area contributed by atoms with Gasteiger partial charge in [0.05, 0.1) is 23.8 Å². The third-order valence-corrected chi connectivity index (χ3v) is 7.51. The Morgan fingerprint density at radius 1 is 1.09 bits per heavy atom. The van der Waals surface area contributed by atoms with E-state index in [0.29, 0.717) is 24.0 Å². The minimum atomic E-state index is -1.04. The Hall–Kier alpha value is -3.33. The van der Waals surface area contributed by atoms with Crippen LogP contribution in [0.5, 0.6) is 0 Å². The van der Waals surface area contributed by atoms with Crippen molar-refractivity contribution in [1.29, 1.82) is 0 Å². The molecule has 1 aromatic carbocycles. The molecule has 1 saturated carbocycles. The Morgan fingerprint density at radius 3 is 2.34 bits per heavy atom. The van der Waals surface area contributed by atoms with Crippen LogP contribution in [0.25, 0.3) is 11.1 Å². The number of nitrogens with one attached hydrogen (secondary N) is 1. The molecule has 2 atom stereocenters. The lowest BCUT2D eigenvalue weighted by Crippen LogP contribution is -2.46. The van der Waals surface area contributed by atoms with E-state index in [1.54, 1.807) is 6.20 Å². The quantitative estimate of drug-likeness (QED) is 0.492. The summed E-state index contributed by atoms with van der Waals surface area (Å²) in [5, 5.41) is 9.10. The number of carboxylic acids is 1. The maximum atomic E-state index is 14.6. The van der Waals surface area contributed by atoms with Crippen LogP contribution in [0.1, 0.15) is 66.1 Å². The zero-order valence-electron chi connectivity index (χ0n) is 19.1. The van der Waals surface area contributed by atoms with E-state index in [9.17, 15) is 13.6 Å². The third-order valence-electron chi connectivity index (χ3n) is 7.51. The summed E-state index contributed by atoms with van der Waals surface area (Å²) in [7, 11) is 0. The Morgan fingerprint density at radius 2 is 1.74 bits per heavy atom. The number of benzene rings is 1. The van der Waals surface area contributed by atoms with Crippen molar-refractivity contribution >= 4 is 11.9 Å². The monoisotopic (exact) mass is 480 g/mol. The second kappa shape index (κ2) is 8.71. The molecule has 0 amide bonds. The number of nitrogens with zero attached hydrogens (tertiary/aromatic N) is 3. The van der Waals surface area contributed by atoms with Crippen LogP contribution in [-0.4, -0.2) is 44.2 Å². The fourth-order valence-corrected chi connectivity index (χ4v) is 5.70. The molecule has 2 unspecified atom stereocenters. The number of piperidine rings is 1. The van der Waals surface area contributed by atoms with Gasteiger partial charge in [0.1, 0.15) is 11.6 Å². The Kier molecular flexibility index (Phi) is 5.51. The van der Waals surface area contributed by atoms with E-state index in [1.807, 2.05) is 0 Å². The van der Waals surface area contributed by atoms with Gasteiger partial charge < -0.3 is 19.7 Å². The first-order valence-electron chi connectivity index (χ1n) is 12.1. The molecular weight excluding hydrogens is 454 g/mol. The number of ether oxygens (including phenoxy) is 1. The molecular formula is C26H26F2N4O3. The molecule has 6 rings (SSSR count). The van der Waals surface area contributed by atoms with E-state index < -0.39 is 17.6 Å². The lowest BCUT2D eigenvalue weighted by Gasteiger charge is -2.38. The van der Waals surface area contributed by atoms with Gasteiger partial charge in [-0.1, -0.05) is 6.07 Å². The largest absolute Gasteiger partial charge is 0.478 e. The number of aromatic nitrogens is 3. The van der Waals surface area contributed by atoms with Crippen LogP contribution >= 0.6 is 0 Å². The topological polar surface area (TPSA) is 91.3 Å². The molecule has 182 valence electrons. The highest BCUT2D eigenvalue weighted by Gasteiger charge is 2.42. The number of hydrogen-bond acceptors (Lipinski definition) is 5. The first kappa shape index (κ1) is 22.2. The summed E-state index contributed by atoms with van der Waals surface area (Å²) in [5.74, 6) is -1.25. The molecule has 2 saturated heterocycles. The maximum absolute atomic E-state index is 14.6. The summed E-state index contributed by atoms with van der Waals surface area (Å²) >= 11 is 0. The van der Waals surface area contributed by atoms with Crippen molar-refractivity contribution in [2.75, 3.05) is 4.90 Å². The molecule has 2 aromatic heterocycles.